The predicted molar refractivity (Wildman–Crippen MR) is 56.1 cm³/mol. The molecule has 0 aromatic rings. The standard InChI is InChI=1S/C10H17NOS/c12-10-6-8(13)5-9(10)7-1-3-11-4-2-7/h7-9,11,13H,1-6H2. The van der Waals surface area contributed by atoms with E-state index in [0.717, 1.165) is 19.5 Å². The van der Waals surface area contributed by atoms with Gasteiger partial charge in [-0.1, -0.05) is 0 Å². The molecule has 2 unspecified atom stereocenters. The van der Waals surface area contributed by atoms with Crippen molar-refractivity contribution in [1.82, 2.24) is 5.32 Å². The molecule has 2 fully saturated rings. The van der Waals surface area contributed by atoms with Crippen molar-refractivity contribution in [2.75, 3.05) is 13.1 Å². The third kappa shape index (κ3) is 2.08. The molecule has 1 aliphatic carbocycles. The predicted octanol–water partition coefficient (Wildman–Crippen LogP) is 1.26. The monoisotopic (exact) mass is 199 g/mol. The number of carbonyl (C=O) groups is 1. The molecule has 2 atom stereocenters. The van der Waals surface area contributed by atoms with Crippen LogP contribution in [0.3, 0.4) is 0 Å². The minimum atomic E-state index is 0.338. The maximum atomic E-state index is 11.6. The summed E-state index contributed by atoms with van der Waals surface area (Å²) in [5.41, 5.74) is 0. The second-order valence-corrected chi connectivity index (χ2v) is 4.98. The first-order valence-electron chi connectivity index (χ1n) is 5.19. The summed E-state index contributed by atoms with van der Waals surface area (Å²) in [4.78, 5) is 11.6. The number of thiol groups is 1. The van der Waals surface area contributed by atoms with Crippen molar-refractivity contribution in [2.24, 2.45) is 11.8 Å². The SMILES string of the molecule is O=C1CC(S)CC1C1CCNCC1. The Balaban J connectivity index is 1.95. The number of piperidine rings is 1. The minimum Gasteiger partial charge on any atom is -0.317 e. The van der Waals surface area contributed by atoms with Crippen molar-refractivity contribution < 1.29 is 4.79 Å². The molecule has 2 nitrogen and oxygen atoms in total. The van der Waals surface area contributed by atoms with Crippen LogP contribution in [0.15, 0.2) is 0 Å². The lowest BCUT2D eigenvalue weighted by Gasteiger charge is -2.26. The Morgan fingerprint density at radius 1 is 1.31 bits per heavy atom. The number of nitrogens with one attached hydrogen (secondary N) is 1. The molecule has 2 rings (SSSR count). The Morgan fingerprint density at radius 2 is 2.00 bits per heavy atom. The van der Waals surface area contributed by atoms with Crippen molar-refractivity contribution in [2.45, 2.75) is 30.9 Å². The average Bonchev–Trinajstić information content (AvgIpc) is 2.47. The Bertz CT molecular complexity index is 201. The fraction of sp³-hybridized carbons (Fsp3) is 0.900. The van der Waals surface area contributed by atoms with Gasteiger partial charge in [0, 0.05) is 17.6 Å². The lowest BCUT2D eigenvalue weighted by atomic mass is 9.83. The summed E-state index contributed by atoms with van der Waals surface area (Å²) in [6, 6.07) is 0. The van der Waals surface area contributed by atoms with Gasteiger partial charge in [0.1, 0.15) is 5.78 Å². The summed E-state index contributed by atoms with van der Waals surface area (Å²) in [5.74, 6) is 1.45. The van der Waals surface area contributed by atoms with Gasteiger partial charge in [-0.3, -0.25) is 4.79 Å². The number of carbonyl (C=O) groups excluding carboxylic acids is 1. The van der Waals surface area contributed by atoms with Gasteiger partial charge in [-0.25, -0.2) is 0 Å². The third-order valence-corrected chi connectivity index (χ3v) is 3.72. The molecule has 2 aliphatic rings. The van der Waals surface area contributed by atoms with Crippen LogP contribution in [0.25, 0.3) is 0 Å². The zero-order valence-electron chi connectivity index (χ0n) is 7.83. The van der Waals surface area contributed by atoms with Gasteiger partial charge in [-0.2, -0.15) is 12.6 Å². The first-order chi connectivity index (χ1) is 6.27. The van der Waals surface area contributed by atoms with Crippen molar-refractivity contribution in [1.29, 1.82) is 0 Å². The molecule has 1 saturated heterocycles. The van der Waals surface area contributed by atoms with Crippen LogP contribution in [0.4, 0.5) is 0 Å². The Morgan fingerprint density at radius 3 is 2.54 bits per heavy atom. The van der Waals surface area contributed by atoms with E-state index < -0.39 is 0 Å². The molecule has 0 spiro atoms. The summed E-state index contributed by atoms with van der Waals surface area (Å²) < 4.78 is 0. The molecule has 1 heterocycles. The summed E-state index contributed by atoms with van der Waals surface area (Å²) in [6.07, 6.45) is 4.08. The Kier molecular flexibility index (Phi) is 2.94. The number of rotatable bonds is 1. The van der Waals surface area contributed by atoms with Crippen LogP contribution in [-0.4, -0.2) is 24.1 Å². The molecule has 1 saturated carbocycles. The molecule has 0 amide bonds. The second kappa shape index (κ2) is 4.01. The van der Waals surface area contributed by atoms with Gasteiger partial charge in [0.15, 0.2) is 0 Å². The maximum absolute atomic E-state index is 11.6. The van der Waals surface area contributed by atoms with E-state index in [2.05, 4.69) is 17.9 Å². The Labute approximate surface area is 84.9 Å². The molecule has 1 N–H and O–H groups in total. The zero-order valence-corrected chi connectivity index (χ0v) is 8.72. The number of hydrogen-bond acceptors (Lipinski definition) is 3. The lowest BCUT2D eigenvalue weighted by Crippen LogP contribution is -2.33. The maximum Gasteiger partial charge on any atom is 0.137 e. The summed E-state index contributed by atoms with van der Waals surface area (Å²) in [5, 5.41) is 3.67. The van der Waals surface area contributed by atoms with Crippen LogP contribution in [0.2, 0.25) is 0 Å². The Hall–Kier alpha value is -0.0200. The van der Waals surface area contributed by atoms with Gasteiger partial charge in [0.2, 0.25) is 0 Å². The topological polar surface area (TPSA) is 29.1 Å². The van der Waals surface area contributed by atoms with Gasteiger partial charge < -0.3 is 5.32 Å². The molecule has 0 aromatic carbocycles. The molecule has 0 bridgehead atoms. The fourth-order valence-electron chi connectivity index (χ4n) is 2.59. The minimum absolute atomic E-state index is 0.338. The van der Waals surface area contributed by atoms with Crippen molar-refractivity contribution in [3.8, 4) is 0 Å². The highest BCUT2D eigenvalue weighted by atomic mass is 32.1. The van der Waals surface area contributed by atoms with Gasteiger partial charge >= 0.3 is 0 Å². The largest absolute Gasteiger partial charge is 0.317 e. The third-order valence-electron chi connectivity index (χ3n) is 3.33. The summed E-state index contributed by atoms with van der Waals surface area (Å²) >= 11 is 4.39. The van der Waals surface area contributed by atoms with Crippen molar-refractivity contribution >= 4 is 18.4 Å². The van der Waals surface area contributed by atoms with Gasteiger partial charge in [0.05, 0.1) is 0 Å². The van der Waals surface area contributed by atoms with Crippen LogP contribution < -0.4 is 5.32 Å². The zero-order chi connectivity index (χ0) is 9.26. The lowest BCUT2D eigenvalue weighted by molar-refractivity contribution is -0.122. The van der Waals surface area contributed by atoms with E-state index in [1.54, 1.807) is 0 Å². The van der Waals surface area contributed by atoms with E-state index in [1.807, 2.05) is 0 Å². The molecule has 1 aliphatic heterocycles. The molecule has 13 heavy (non-hydrogen) atoms. The van der Waals surface area contributed by atoms with E-state index in [9.17, 15) is 4.79 Å². The van der Waals surface area contributed by atoms with E-state index in [-0.39, 0.29) is 0 Å². The van der Waals surface area contributed by atoms with Gasteiger partial charge in [0.25, 0.3) is 0 Å². The molecular weight excluding hydrogens is 182 g/mol. The number of ketones is 1. The first kappa shape index (κ1) is 9.53. The normalized spacial score (nSPS) is 36.8. The molecule has 0 aromatic heterocycles. The van der Waals surface area contributed by atoms with E-state index in [1.165, 1.54) is 12.8 Å². The van der Waals surface area contributed by atoms with Crippen LogP contribution >= 0.6 is 12.6 Å². The van der Waals surface area contributed by atoms with Crippen LogP contribution in [0.5, 0.6) is 0 Å². The highest BCUT2D eigenvalue weighted by molar-refractivity contribution is 7.81. The van der Waals surface area contributed by atoms with Crippen LogP contribution in [0, 0.1) is 11.8 Å². The van der Waals surface area contributed by atoms with Crippen molar-refractivity contribution in [3.05, 3.63) is 0 Å². The van der Waals surface area contributed by atoms with E-state index in [4.69, 9.17) is 0 Å². The molecule has 3 heteroatoms. The molecule has 74 valence electrons. The highest BCUT2D eigenvalue weighted by Crippen LogP contribution is 2.35. The fourth-order valence-corrected chi connectivity index (χ4v) is 3.00. The number of Topliss-reactive ketones (excluding diaryl/α,β-unsaturated/α-hetero) is 1. The van der Waals surface area contributed by atoms with Gasteiger partial charge in [-0.05, 0) is 38.3 Å². The summed E-state index contributed by atoms with van der Waals surface area (Å²) in [7, 11) is 0. The van der Waals surface area contributed by atoms with Crippen molar-refractivity contribution in [3.63, 3.8) is 0 Å². The summed E-state index contributed by atoms with van der Waals surface area (Å²) in [6.45, 7) is 2.18. The van der Waals surface area contributed by atoms with E-state index >= 15 is 0 Å². The van der Waals surface area contributed by atoms with Crippen LogP contribution in [-0.2, 0) is 4.79 Å². The van der Waals surface area contributed by atoms with Crippen LogP contribution in [0.1, 0.15) is 25.7 Å². The first-order valence-corrected chi connectivity index (χ1v) is 5.70. The second-order valence-electron chi connectivity index (χ2n) is 4.25. The highest BCUT2D eigenvalue weighted by Gasteiger charge is 2.36. The average molecular weight is 199 g/mol. The smallest absolute Gasteiger partial charge is 0.137 e. The quantitative estimate of drug-likeness (QED) is 0.623. The molecule has 0 radical (unpaired) electrons. The molecular formula is C10H17NOS. The van der Waals surface area contributed by atoms with E-state index in [0.29, 0.717) is 29.3 Å². The van der Waals surface area contributed by atoms with Gasteiger partial charge in [-0.15, -0.1) is 0 Å². The number of hydrogen-bond donors (Lipinski definition) is 2.